The Morgan fingerprint density at radius 2 is 1.76 bits per heavy atom. The van der Waals surface area contributed by atoms with Crippen molar-refractivity contribution in [1.29, 1.82) is 0 Å². The van der Waals surface area contributed by atoms with Gasteiger partial charge in [0.2, 0.25) is 5.76 Å². The molecule has 3 rings (SSSR count). The fourth-order valence-corrected chi connectivity index (χ4v) is 2.61. The molecule has 1 saturated heterocycles. The van der Waals surface area contributed by atoms with E-state index in [1.165, 1.54) is 0 Å². The monoisotopic (exact) mass is 289 g/mol. The van der Waals surface area contributed by atoms with Crippen molar-refractivity contribution in [3.63, 3.8) is 0 Å². The molecule has 1 amide bonds. The number of carbonyl (C=O) groups is 1. The van der Waals surface area contributed by atoms with Crippen LogP contribution < -0.4 is 9.47 Å². The lowest BCUT2D eigenvalue weighted by atomic mass is 10.1. The minimum atomic E-state index is -0.901. The summed E-state index contributed by atoms with van der Waals surface area (Å²) in [6, 6.07) is 7.13. The molecule has 1 aromatic carbocycles. The highest BCUT2D eigenvalue weighted by Gasteiger charge is 2.32. The fraction of sp³-hybridized carbons (Fsp3) is 0.438. The zero-order valence-corrected chi connectivity index (χ0v) is 12.0. The summed E-state index contributed by atoms with van der Waals surface area (Å²) in [6.45, 7) is 3.01. The minimum absolute atomic E-state index is 0.102. The average molecular weight is 289 g/mol. The zero-order valence-electron chi connectivity index (χ0n) is 12.0. The lowest BCUT2D eigenvalue weighted by molar-refractivity contribution is -0.131. The Morgan fingerprint density at radius 1 is 1.14 bits per heavy atom. The first-order chi connectivity index (χ1) is 10.2. The van der Waals surface area contributed by atoms with Crippen LogP contribution in [0.15, 0.2) is 35.8 Å². The molecular weight excluding hydrogens is 270 g/mol. The van der Waals surface area contributed by atoms with Crippen molar-refractivity contribution in [2.45, 2.75) is 32.3 Å². The summed E-state index contributed by atoms with van der Waals surface area (Å²) in [5.74, 6) is 1.10. The molecular formula is C16H19NO4. The largest absolute Gasteiger partial charge is 0.451 e. The highest BCUT2D eigenvalue weighted by atomic mass is 16.6. The summed E-state index contributed by atoms with van der Waals surface area (Å²) in [4.78, 5) is 14.4. The summed E-state index contributed by atoms with van der Waals surface area (Å²) < 4.78 is 11.4. The lowest BCUT2D eigenvalue weighted by Gasteiger charge is -2.30. The number of ether oxygens (including phenoxy) is 2. The molecule has 112 valence electrons. The summed E-state index contributed by atoms with van der Waals surface area (Å²) >= 11 is 0. The van der Waals surface area contributed by atoms with E-state index in [-0.39, 0.29) is 17.4 Å². The van der Waals surface area contributed by atoms with Gasteiger partial charge in [0.15, 0.2) is 17.3 Å². The standard InChI is InChI=1S/C16H19NO4/c1-11(18)14-15(16(19)17-9-5-2-6-10-17)21-13-8-4-3-7-12(13)20-14/h3-4,7-8,11,18H,2,5-6,9-10H2,1H3. The molecule has 5 nitrogen and oxygen atoms in total. The Bertz CT molecular complexity index is 573. The van der Waals surface area contributed by atoms with Crippen LogP contribution >= 0.6 is 0 Å². The van der Waals surface area contributed by atoms with Gasteiger partial charge in [0.25, 0.3) is 5.91 Å². The summed E-state index contributed by atoms with van der Waals surface area (Å²) in [6.07, 6.45) is 2.25. The number of para-hydroxylation sites is 2. The smallest absolute Gasteiger partial charge is 0.293 e. The van der Waals surface area contributed by atoms with E-state index >= 15 is 0 Å². The van der Waals surface area contributed by atoms with Gasteiger partial charge in [-0.1, -0.05) is 12.1 Å². The average Bonchev–Trinajstić information content (AvgIpc) is 2.53. The normalized spacial score (nSPS) is 19.4. The van der Waals surface area contributed by atoms with Gasteiger partial charge in [0.1, 0.15) is 6.10 Å². The molecule has 1 N–H and O–H groups in total. The quantitative estimate of drug-likeness (QED) is 0.905. The van der Waals surface area contributed by atoms with Crippen molar-refractivity contribution < 1.29 is 19.4 Å². The molecule has 2 aliphatic rings. The van der Waals surface area contributed by atoms with Crippen LogP contribution in [0.4, 0.5) is 0 Å². The number of aliphatic hydroxyl groups is 1. The molecule has 0 aromatic heterocycles. The molecule has 0 spiro atoms. The molecule has 2 aliphatic heterocycles. The Kier molecular flexibility index (Phi) is 3.84. The number of piperidine rings is 1. The van der Waals surface area contributed by atoms with Crippen LogP contribution in [0, 0.1) is 0 Å². The van der Waals surface area contributed by atoms with Gasteiger partial charge in [0, 0.05) is 13.1 Å². The van der Waals surface area contributed by atoms with Crippen LogP contribution in [0.1, 0.15) is 26.2 Å². The second-order valence-corrected chi connectivity index (χ2v) is 5.37. The second-order valence-electron chi connectivity index (χ2n) is 5.37. The van der Waals surface area contributed by atoms with Gasteiger partial charge in [-0.25, -0.2) is 0 Å². The second kappa shape index (κ2) is 5.77. The van der Waals surface area contributed by atoms with Crippen molar-refractivity contribution in [1.82, 2.24) is 4.90 Å². The minimum Gasteiger partial charge on any atom is -0.451 e. The molecule has 0 aliphatic carbocycles. The van der Waals surface area contributed by atoms with E-state index in [0.717, 1.165) is 32.4 Å². The van der Waals surface area contributed by atoms with Crippen LogP contribution in [0.5, 0.6) is 11.5 Å². The van der Waals surface area contributed by atoms with Gasteiger partial charge in [-0.05, 0) is 38.3 Å². The first-order valence-corrected chi connectivity index (χ1v) is 7.33. The highest BCUT2D eigenvalue weighted by molar-refractivity contribution is 5.93. The van der Waals surface area contributed by atoms with Crippen LogP contribution in [0.2, 0.25) is 0 Å². The number of likely N-dealkylation sites (tertiary alicyclic amines) is 1. The van der Waals surface area contributed by atoms with Gasteiger partial charge in [-0.2, -0.15) is 0 Å². The van der Waals surface area contributed by atoms with Gasteiger partial charge in [0.05, 0.1) is 0 Å². The van der Waals surface area contributed by atoms with E-state index in [1.807, 2.05) is 12.1 Å². The third-order valence-corrected chi connectivity index (χ3v) is 3.72. The molecule has 1 fully saturated rings. The predicted molar refractivity (Wildman–Crippen MR) is 76.8 cm³/mol. The van der Waals surface area contributed by atoms with E-state index in [1.54, 1.807) is 24.0 Å². The van der Waals surface area contributed by atoms with Crippen LogP contribution in [-0.2, 0) is 4.79 Å². The molecule has 0 saturated carbocycles. The molecule has 0 radical (unpaired) electrons. The number of carbonyl (C=O) groups excluding carboxylic acids is 1. The van der Waals surface area contributed by atoms with Crippen LogP contribution in [0.3, 0.4) is 0 Å². The van der Waals surface area contributed by atoms with Crippen LogP contribution in [-0.4, -0.2) is 35.1 Å². The first kappa shape index (κ1) is 13.9. The predicted octanol–water partition coefficient (Wildman–Crippen LogP) is 2.06. The van der Waals surface area contributed by atoms with Crippen molar-refractivity contribution in [3.05, 3.63) is 35.8 Å². The number of amides is 1. The maximum Gasteiger partial charge on any atom is 0.293 e. The maximum absolute atomic E-state index is 12.6. The van der Waals surface area contributed by atoms with E-state index in [4.69, 9.17) is 9.47 Å². The van der Waals surface area contributed by atoms with Crippen molar-refractivity contribution in [3.8, 4) is 11.5 Å². The summed E-state index contributed by atoms with van der Waals surface area (Å²) in [5, 5.41) is 9.89. The number of nitrogens with zero attached hydrogens (tertiary/aromatic N) is 1. The Morgan fingerprint density at radius 3 is 2.38 bits per heavy atom. The van der Waals surface area contributed by atoms with Crippen molar-refractivity contribution in [2.24, 2.45) is 0 Å². The Balaban J connectivity index is 1.91. The molecule has 5 heteroatoms. The van der Waals surface area contributed by atoms with Gasteiger partial charge in [-0.15, -0.1) is 0 Å². The Labute approximate surface area is 123 Å². The van der Waals surface area contributed by atoms with E-state index in [2.05, 4.69) is 0 Å². The van der Waals surface area contributed by atoms with Gasteiger partial charge in [-0.3, -0.25) is 4.79 Å². The maximum atomic E-state index is 12.6. The topological polar surface area (TPSA) is 59.0 Å². The summed E-state index contributed by atoms with van der Waals surface area (Å²) in [7, 11) is 0. The number of benzene rings is 1. The number of fused-ring (bicyclic) bond motifs is 1. The third-order valence-electron chi connectivity index (χ3n) is 3.72. The molecule has 21 heavy (non-hydrogen) atoms. The molecule has 1 atom stereocenters. The van der Waals surface area contributed by atoms with E-state index in [9.17, 15) is 9.90 Å². The van der Waals surface area contributed by atoms with E-state index in [0.29, 0.717) is 11.5 Å². The molecule has 0 bridgehead atoms. The summed E-state index contributed by atoms with van der Waals surface area (Å²) in [5.41, 5.74) is 0. The first-order valence-electron chi connectivity index (χ1n) is 7.33. The van der Waals surface area contributed by atoms with Crippen LogP contribution in [0.25, 0.3) is 0 Å². The van der Waals surface area contributed by atoms with Gasteiger partial charge >= 0.3 is 0 Å². The van der Waals surface area contributed by atoms with Crippen molar-refractivity contribution >= 4 is 5.91 Å². The zero-order chi connectivity index (χ0) is 14.8. The van der Waals surface area contributed by atoms with Gasteiger partial charge < -0.3 is 19.5 Å². The number of aliphatic hydroxyl groups excluding tert-OH is 1. The lowest BCUT2D eigenvalue weighted by Crippen LogP contribution is -2.40. The highest BCUT2D eigenvalue weighted by Crippen LogP contribution is 2.36. The molecule has 1 unspecified atom stereocenters. The number of hydrogen-bond acceptors (Lipinski definition) is 4. The number of rotatable bonds is 2. The molecule has 1 aromatic rings. The Hall–Kier alpha value is -2.01. The van der Waals surface area contributed by atoms with E-state index < -0.39 is 6.10 Å². The number of hydrogen-bond donors (Lipinski definition) is 1. The van der Waals surface area contributed by atoms with Crippen molar-refractivity contribution in [2.75, 3.05) is 13.1 Å². The molecule has 2 heterocycles. The SMILES string of the molecule is CC(O)C1=C(C(=O)N2CCCCC2)Oc2ccccc2O1. The third kappa shape index (κ3) is 2.74. The fourth-order valence-electron chi connectivity index (χ4n) is 2.61.